The van der Waals surface area contributed by atoms with E-state index in [2.05, 4.69) is 167 Å². The number of rotatable bonds is 23. The van der Waals surface area contributed by atoms with Crippen molar-refractivity contribution in [2.45, 2.75) is 198 Å². The maximum atomic E-state index is 14.2. The minimum Gasteiger partial charge on any atom is -0.393 e. The molecule has 9 aromatic heterocycles. The predicted octanol–water partition coefficient (Wildman–Crippen LogP) is 12.9. The zero-order chi connectivity index (χ0) is 96.2. The molecule has 33 nitrogen and oxygen atoms in total. The van der Waals surface area contributed by atoms with Crippen LogP contribution in [0, 0.1) is 29.1 Å². The first-order valence-electron chi connectivity index (χ1n) is 51.1. The molecule has 10 fully saturated rings. The number of fused-ring (bicyclic) bond motifs is 12. The van der Waals surface area contributed by atoms with Crippen molar-refractivity contribution in [1.29, 1.82) is 5.26 Å². The van der Waals surface area contributed by atoms with Crippen LogP contribution >= 0.6 is 11.6 Å². The third-order valence-corrected chi connectivity index (χ3v) is 30.5. The van der Waals surface area contributed by atoms with Gasteiger partial charge in [0.05, 0.1) is 18.3 Å². The lowest BCUT2D eigenvalue weighted by Crippen LogP contribution is -2.45. The van der Waals surface area contributed by atoms with Crippen LogP contribution in [0.4, 0.5) is 29.5 Å². The van der Waals surface area contributed by atoms with Crippen LogP contribution in [0.3, 0.4) is 0 Å². The van der Waals surface area contributed by atoms with E-state index in [9.17, 15) is 34.2 Å². The van der Waals surface area contributed by atoms with Crippen LogP contribution in [0.1, 0.15) is 177 Å². The van der Waals surface area contributed by atoms with E-state index in [-0.39, 0.29) is 77.0 Å². The Morgan fingerprint density at radius 2 is 0.757 bits per heavy atom. The van der Waals surface area contributed by atoms with Crippen LogP contribution in [0.25, 0.3) is 87.2 Å². The minimum atomic E-state index is -0.286. The topological polar surface area (TPSA) is 368 Å². The summed E-state index contributed by atoms with van der Waals surface area (Å²) in [6.45, 7) is 24.4. The number of piperidine rings is 2. The molecule has 734 valence electrons. The first-order valence-corrected chi connectivity index (χ1v) is 51.5. The molecular formula is C106H131ClN26O7. The van der Waals surface area contributed by atoms with Crippen molar-refractivity contribution in [2.24, 2.45) is 17.8 Å². The number of pyridine rings is 5. The first-order chi connectivity index (χ1) is 68.2. The van der Waals surface area contributed by atoms with Gasteiger partial charge in [0.25, 0.3) is 22.2 Å². The van der Waals surface area contributed by atoms with Gasteiger partial charge in [-0.3, -0.25) is 61.9 Å². The molecule has 13 aromatic rings. The Labute approximate surface area is 819 Å². The van der Waals surface area contributed by atoms with Crippen molar-refractivity contribution in [1.82, 2.24) is 97.8 Å². The summed E-state index contributed by atoms with van der Waals surface area (Å²) in [4.78, 5) is 126. The highest BCUT2D eigenvalue weighted by atomic mass is 35.5. The summed E-state index contributed by atoms with van der Waals surface area (Å²) in [6.07, 6.45) is 27.0. The first kappa shape index (κ1) is 95.7. The molecule has 5 aliphatic carbocycles. The van der Waals surface area contributed by atoms with Gasteiger partial charge in [-0.2, -0.15) is 25.2 Å². The summed E-state index contributed by atoms with van der Waals surface area (Å²) in [5, 5.41) is 56.2. The molecule has 140 heavy (non-hydrogen) atoms. The monoisotopic (exact) mass is 1920 g/mol. The maximum absolute atomic E-state index is 14.2. The van der Waals surface area contributed by atoms with E-state index in [1.165, 1.54) is 49.8 Å². The van der Waals surface area contributed by atoms with Gasteiger partial charge in [0.2, 0.25) is 29.7 Å². The minimum absolute atomic E-state index is 0.00795. The molecule has 7 N–H and O–H groups in total. The molecule has 0 atom stereocenters. The van der Waals surface area contributed by atoms with Crippen LogP contribution in [-0.2, 0) is 24.4 Å². The molecule has 1 amide bonds. The number of anilines is 5. The highest BCUT2D eigenvalue weighted by molar-refractivity contribution is 6.31. The summed E-state index contributed by atoms with van der Waals surface area (Å²) in [5.41, 5.74) is 7.43. The lowest BCUT2D eigenvalue weighted by atomic mass is 9.92. The van der Waals surface area contributed by atoms with Gasteiger partial charge in [-0.05, 0) is 255 Å². The number of likely N-dealkylation sites (tertiary alicyclic amines) is 1. The molecule has 0 unspecified atom stereocenters. The number of carbonyl (C=O) groups excluding carboxylic acids is 1. The van der Waals surface area contributed by atoms with Crippen molar-refractivity contribution in [3.63, 3.8) is 0 Å². The van der Waals surface area contributed by atoms with Crippen LogP contribution in [0.5, 0.6) is 0 Å². The zero-order valence-corrected chi connectivity index (χ0v) is 81.8. The molecule has 4 aromatic carbocycles. The number of halogens is 1. The number of likely N-dealkylation sites (N-methyl/N-ethyl adjacent to an activating group) is 2. The molecule has 5 saturated heterocycles. The third-order valence-electron chi connectivity index (χ3n) is 30.3. The number of aromatic nitrogens is 13. The van der Waals surface area contributed by atoms with E-state index in [4.69, 9.17) is 31.8 Å². The van der Waals surface area contributed by atoms with Gasteiger partial charge in [-0.1, -0.05) is 54.1 Å². The van der Waals surface area contributed by atoms with Crippen LogP contribution in [0.15, 0.2) is 141 Å². The number of piperazine rings is 3. The summed E-state index contributed by atoms with van der Waals surface area (Å²) >= 11 is 6.16. The summed E-state index contributed by atoms with van der Waals surface area (Å²) < 4.78 is 7.52. The molecular weight excluding hydrogens is 1780 g/mol. The third kappa shape index (κ3) is 22.1. The average molecular weight is 1920 g/mol. The zero-order valence-electron chi connectivity index (χ0n) is 81.0. The highest BCUT2D eigenvalue weighted by Gasteiger charge is 2.34. The predicted molar refractivity (Wildman–Crippen MR) is 553 cm³/mol. The number of benzene rings is 4. The Balaban J connectivity index is 0.000000116. The molecule has 23 rings (SSSR count). The van der Waals surface area contributed by atoms with Crippen molar-refractivity contribution in [2.75, 3.05) is 165 Å². The Bertz CT molecular complexity index is 6970. The number of hydrogen-bond donors (Lipinski definition) is 7. The number of nitrogens with zero attached hydrogens (tertiary/aromatic N) is 21. The van der Waals surface area contributed by atoms with Gasteiger partial charge in [0.15, 0.2) is 0 Å². The molecule has 34 heteroatoms. The Hall–Kier alpha value is -11.8. The van der Waals surface area contributed by atoms with Crippen molar-refractivity contribution < 1.29 is 15.0 Å². The summed E-state index contributed by atoms with van der Waals surface area (Å²) in [5.74, 6) is 4.25. The quantitative estimate of drug-likeness (QED) is 0.0292. The van der Waals surface area contributed by atoms with Gasteiger partial charge in [-0.25, -0.2) is 19.9 Å². The van der Waals surface area contributed by atoms with Gasteiger partial charge in [-0.15, -0.1) is 0 Å². The van der Waals surface area contributed by atoms with E-state index >= 15 is 0 Å². The number of aliphatic hydroxyl groups excluding tert-OH is 2. The lowest BCUT2D eigenvalue weighted by molar-refractivity contribution is -0.131. The normalized spacial score (nSPS) is 20.8. The second-order valence-corrected chi connectivity index (χ2v) is 41.4. The fourth-order valence-corrected chi connectivity index (χ4v) is 21.7. The van der Waals surface area contributed by atoms with E-state index in [1.807, 2.05) is 70.7 Å². The Kier molecular flexibility index (Phi) is 29.3. The van der Waals surface area contributed by atoms with E-state index in [0.29, 0.717) is 120 Å². The molecule has 10 aliphatic rings. The lowest BCUT2D eigenvalue weighted by Gasteiger charge is -2.36. The van der Waals surface area contributed by atoms with E-state index < -0.39 is 0 Å². The van der Waals surface area contributed by atoms with Gasteiger partial charge in [0, 0.05) is 252 Å². The number of nitriles is 1. The standard InChI is InChI=1S/C31H37N7O2.C29H36N8O2.C26H35N7O.C20H23ClN4O2/c39-25-6-4-24(5-7-25)38-29-28(19-34-31(35-29)33-18-21-1-2-21)26-8-3-22(17-27(26)30(38)40)20-36-13-15-37(16-14-36)23-9-11-32-12-10-23;1-34-12-14-35(15-13-34)19-21-4-5-23-24(16-21)28(39)37(22-7-10-36(11-8-22)26(38)6-9-30)27-25(23)18-32-29(33-27)31-17-20-2-3-20;1-31-10-12-32(13-11-31)17-19-4-5-21-22(14-19)25(34)33(20-6-8-27-9-7-20)24-23(21)16-29-26(30-24)28-15-18-2-3-18;1-11(2)23-20-22-10-17-15-8-3-12(21)9-16(15)19(27)25(18(17)24-20)13-4-6-14(26)7-5-13/h3,8-12,17,19,21,24-25,39H,1-2,4-7,13-16,18,20H2,(H,33,34,35);4-5,16,18,20,22H,2-3,6-8,10-15,17,19H2,1H3,(H,31,32,33);4-5,14,16,18,20,27H,2-3,6-13,15,17H2,1H3,(H,28,29,30);3,8-11,13-14,26H,4-7H2,1-2H3,(H,22,23,24). The van der Waals surface area contributed by atoms with Crippen LogP contribution in [-0.4, -0.2) is 265 Å². The number of carbonyl (C=O) groups is 1. The number of amides is 1. The Morgan fingerprint density at radius 1 is 0.414 bits per heavy atom. The average Bonchev–Trinajstić information content (AvgIpc) is 0.912. The fourth-order valence-electron chi connectivity index (χ4n) is 21.5. The van der Waals surface area contributed by atoms with E-state index in [1.54, 1.807) is 27.8 Å². The van der Waals surface area contributed by atoms with Crippen molar-refractivity contribution in [3.8, 4) is 6.07 Å². The SMILES string of the molecule is CC(C)Nc1ncc2c3ccc(Cl)cc3c(=O)n(C3CCC(O)CC3)c2n1.CN1CCN(Cc2ccc3c(c2)c(=O)n(C2CCN(C(=O)CC#N)CC2)c2nc(NCC4CC4)ncc32)CC1.CN1CCN(Cc2ccc3c(c2)c(=O)n(C2CCNCC2)c2nc(NCC4CC4)ncc32)CC1.O=c1c2cc(CN3CCN(c4ccncc4)CC3)ccc2c2cnc(NCC3CC3)nc2n1C1CCC(O)CC1. The highest BCUT2D eigenvalue weighted by Crippen LogP contribution is 2.39. The second-order valence-electron chi connectivity index (χ2n) is 41.0. The summed E-state index contributed by atoms with van der Waals surface area (Å²) in [6, 6.07) is 30.7. The largest absolute Gasteiger partial charge is 0.393 e. The fraction of sp³-hybridized carbons (Fsp3) is 0.519. The molecule has 0 radical (unpaired) electrons. The molecule has 14 heterocycles. The van der Waals surface area contributed by atoms with Crippen LogP contribution in [0.2, 0.25) is 5.02 Å². The molecule has 5 saturated carbocycles. The number of aliphatic hydroxyl groups is 2. The number of hydrogen-bond acceptors (Lipinski definition) is 28. The van der Waals surface area contributed by atoms with Gasteiger partial charge < -0.3 is 56.4 Å². The van der Waals surface area contributed by atoms with Crippen molar-refractivity contribution in [3.05, 3.63) is 185 Å². The maximum Gasteiger partial charge on any atom is 0.260 e. The second kappa shape index (κ2) is 42.9. The van der Waals surface area contributed by atoms with Gasteiger partial charge in [0.1, 0.15) is 29.0 Å². The molecule has 5 aliphatic heterocycles. The van der Waals surface area contributed by atoms with Crippen LogP contribution < -0.4 is 53.7 Å². The van der Waals surface area contributed by atoms with E-state index in [0.717, 1.165) is 246 Å². The number of nitrogens with one attached hydrogen (secondary N) is 5. The van der Waals surface area contributed by atoms with Crippen molar-refractivity contribution >= 4 is 134 Å². The Morgan fingerprint density at radius 3 is 1.13 bits per heavy atom. The summed E-state index contributed by atoms with van der Waals surface area (Å²) in [7, 11) is 4.33. The molecule has 0 spiro atoms. The smallest absolute Gasteiger partial charge is 0.260 e. The molecule has 0 bridgehead atoms. The van der Waals surface area contributed by atoms with Gasteiger partial charge >= 0.3 is 0 Å².